The zero-order valence-corrected chi connectivity index (χ0v) is 16.4. The van der Waals surface area contributed by atoms with Crippen molar-refractivity contribution in [3.63, 3.8) is 0 Å². The molecule has 1 N–H and O–H groups in total. The van der Waals surface area contributed by atoms with Crippen molar-refractivity contribution in [3.05, 3.63) is 71.3 Å². The number of benzene rings is 2. The molecule has 1 saturated carbocycles. The molecule has 2 aromatic carbocycles. The maximum absolute atomic E-state index is 13.4. The van der Waals surface area contributed by atoms with E-state index in [1.54, 1.807) is 24.3 Å². The molecule has 0 amide bonds. The van der Waals surface area contributed by atoms with Gasteiger partial charge >= 0.3 is 0 Å². The fraction of sp³-hybridized carbons (Fsp3) is 0.364. The number of rotatable bonds is 3. The predicted octanol–water partition coefficient (Wildman–Crippen LogP) is 5.32. The number of nitrogens with zero attached hydrogens (tertiary/aromatic N) is 2. The van der Waals surface area contributed by atoms with Gasteiger partial charge in [-0.25, -0.2) is 13.8 Å². The molecule has 0 spiro atoms. The first-order chi connectivity index (χ1) is 13.6. The van der Waals surface area contributed by atoms with E-state index >= 15 is 0 Å². The van der Waals surface area contributed by atoms with Crippen LogP contribution in [0, 0.1) is 11.6 Å². The highest BCUT2D eigenvalue weighted by Crippen LogP contribution is 2.33. The second-order valence-corrected chi connectivity index (χ2v) is 7.84. The standard InChI is InChI=1S/C22H23F2N3S/c23-17-10-6-15(7-11-17)20-14-21(16-8-12-18(24)13-9-16)27(26-20)22(28)25-19-4-2-1-3-5-19/h6-13,19,21H,1-5,14H2,(H,25,28)/t21-/m0/s1. The smallest absolute Gasteiger partial charge is 0.190 e. The summed E-state index contributed by atoms with van der Waals surface area (Å²) in [4.78, 5) is 0. The van der Waals surface area contributed by atoms with Gasteiger partial charge in [0.25, 0.3) is 0 Å². The molecule has 6 heteroatoms. The molecule has 4 rings (SSSR count). The number of hydrazone groups is 1. The van der Waals surface area contributed by atoms with Gasteiger partial charge in [0.1, 0.15) is 11.6 Å². The van der Waals surface area contributed by atoms with Crippen LogP contribution >= 0.6 is 12.2 Å². The van der Waals surface area contributed by atoms with Gasteiger partial charge in [-0.15, -0.1) is 0 Å². The van der Waals surface area contributed by atoms with Crippen LogP contribution in [-0.4, -0.2) is 21.9 Å². The highest BCUT2D eigenvalue weighted by atomic mass is 32.1. The summed E-state index contributed by atoms with van der Waals surface area (Å²) in [6.07, 6.45) is 6.56. The summed E-state index contributed by atoms with van der Waals surface area (Å²) >= 11 is 5.69. The van der Waals surface area contributed by atoms with E-state index in [-0.39, 0.29) is 17.7 Å². The van der Waals surface area contributed by atoms with Crippen molar-refractivity contribution < 1.29 is 8.78 Å². The number of halogens is 2. The lowest BCUT2D eigenvalue weighted by Crippen LogP contribution is -2.43. The zero-order chi connectivity index (χ0) is 19.5. The van der Waals surface area contributed by atoms with Crippen molar-refractivity contribution >= 4 is 23.0 Å². The molecular formula is C22H23F2N3S. The van der Waals surface area contributed by atoms with Gasteiger partial charge in [0.05, 0.1) is 11.8 Å². The summed E-state index contributed by atoms with van der Waals surface area (Å²) in [6, 6.07) is 13.1. The Labute approximate surface area is 169 Å². The summed E-state index contributed by atoms with van der Waals surface area (Å²) in [5.74, 6) is -0.542. The zero-order valence-electron chi connectivity index (χ0n) is 15.6. The SMILES string of the molecule is Fc1ccc(C2=NN(C(=S)NC3CCCCC3)[C@H](c3ccc(F)cc3)C2)cc1. The summed E-state index contributed by atoms with van der Waals surface area (Å²) in [5, 5.41) is 10.7. The molecule has 0 unspecified atom stereocenters. The van der Waals surface area contributed by atoms with Gasteiger partial charge in [0.15, 0.2) is 5.11 Å². The average molecular weight is 400 g/mol. The van der Waals surface area contributed by atoms with E-state index in [4.69, 9.17) is 17.3 Å². The molecule has 0 saturated heterocycles. The van der Waals surface area contributed by atoms with Crippen LogP contribution in [-0.2, 0) is 0 Å². The molecule has 146 valence electrons. The van der Waals surface area contributed by atoms with Crippen LogP contribution in [0.3, 0.4) is 0 Å². The van der Waals surface area contributed by atoms with Crippen LogP contribution in [0.4, 0.5) is 8.78 Å². The summed E-state index contributed by atoms with van der Waals surface area (Å²) in [5.41, 5.74) is 2.67. The van der Waals surface area contributed by atoms with Crippen molar-refractivity contribution in [2.45, 2.75) is 50.6 Å². The van der Waals surface area contributed by atoms with Crippen LogP contribution in [0.25, 0.3) is 0 Å². The van der Waals surface area contributed by atoms with E-state index in [2.05, 4.69) is 5.32 Å². The molecule has 0 aromatic heterocycles. The van der Waals surface area contributed by atoms with Crippen molar-refractivity contribution in [3.8, 4) is 0 Å². The molecule has 3 nitrogen and oxygen atoms in total. The van der Waals surface area contributed by atoms with E-state index in [0.717, 1.165) is 29.7 Å². The fourth-order valence-corrected chi connectivity index (χ4v) is 4.28. The van der Waals surface area contributed by atoms with Crippen LogP contribution in [0.5, 0.6) is 0 Å². The van der Waals surface area contributed by atoms with Gasteiger partial charge < -0.3 is 5.32 Å². The number of hydrogen-bond acceptors (Lipinski definition) is 2. The third-order valence-electron chi connectivity index (χ3n) is 5.48. The number of hydrogen-bond donors (Lipinski definition) is 1. The van der Waals surface area contributed by atoms with Crippen LogP contribution in [0.2, 0.25) is 0 Å². The third-order valence-corrected chi connectivity index (χ3v) is 5.79. The van der Waals surface area contributed by atoms with Crippen LogP contribution in [0.1, 0.15) is 55.7 Å². The highest BCUT2D eigenvalue weighted by Gasteiger charge is 2.32. The van der Waals surface area contributed by atoms with Gasteiger partial charge in [-0.05, 0) is 60.5 Å². The topological polar surface area (TPSA) is 27.6 Å². The molecule has 0 bridgehead atoms. The Bertz CT molecular complexity index is 858. The molecule has 1 fully saturated rings. The van der Waals surface area contributed by atoms with E-state index in [1.165, 1.54) is 43.5 Å². The maximum atomic E-state index is 13.4. The number of nitrogens with one attached hydrogen (secondary N) is 1. The lowest BCUT2D eigenvalue weighted by molar-refractivity contribution is 0.341. The third kappa shape index (κ3) is 4.22. The van der Waals surface area contributed by atoms with Gasteiger partial charge in [-0.1, -0.05) is 43.5 Å². The first kappa shape index (κ1) is 19.0. The van der Waals surface area contributed by atoms with Gasteiger partial charge in [-0.3, -0.25) is 0 Å². The van der Waals surface area contributed by atoms with Crippen molar-refractivity contribution in [1.29, 1.82) is 0 Å². The Balaban J connectivity index is 1.59. The second-order valence-electron chi connectivity index (χ2n) is 7.45. The average Bonchev–Trinajstić information content (AvgIpc) is 3.15. The Morgan fingerprint density at radius 3 is 2.18 bits per heavy atom. The van der Waals surface area contributed by atoms with Gasteiger partial charge in [-0.2, -0.15) is 5.10 Å². The lowest BCUT2D eigenvalue weighted by atomic mass is 9.95. The van der Waals surface area contributed by atoms with Gasteiger partial charge in [0, 0.05) is 12.5 Å². The van der Waals surface area contributed by atoms with Crippen molar-refractivity contribution in [2.75, 3.05) is 0 Å². The molecule has 2 aromatic rings. The van der Waals surface area contributed by atoms with E-state index in [1.807, 2.05) is 5.01 Å². The summed E-state index contributed by atoms with van der Waals surface area (Å²) in [6.45, 7) is 0. The predicted molar refractivity (Wildman–Crippen MR) is 111 cm³/mol. The first-order valence-corrected chi connectivity index (χ1v) is 10.2. The molecular weight excluding hydrogens is 376 g/mol. The number of thiocarbonyl (C=S) groups is 1. The summed E-state index contributed by atoms with van der Waals surface area (Å²) in [7, 11) is 0. The summed E-state index contributed by atoms with van der Waals surface area (Å²) < 4.78 is 26.7. The second kappa shape index (κ2) is 8.35. The monoisotopic (exact) mass is 399 g/mol. The van der Waals surface area contributed by atoms with Gasteiger partial charge in [0.2, 0.25) is 0 Å². The molecule has 1 heterocycles. The quantitative estimate of drug-likeness (QED) is 0.708. The van der Waals surface area contributed by atoms with Crippen molar-refractivity contribution in [2.24, 2.45) is 5.10 Å². The maximum Gasteiger partial charge on any atom is 0.190 e. The molecule has 1 atom stereocenters. The minimum atomic E-state index is -0.274. The Hall–Kier alpha value is -2.34. The molecule has 2 aliphatic rings. The normalized spacial score (nSPS) is 20.1. The Kier molecular flexibility index (Phi) is 5.67. The molecule has 1 aliphatic carbocycles. The minimum absolute atomic E-state index is 0.107. The first-order valence-electron chi connectivity index (χ1n) is 9.79. The molecule has 1 aliphatic heterocycles. The van der Waals surface area contributed by atoms with Crippen LogP contribution < -0.4 is 5.32 Å². The molecule has 28 heavy (non-hydrogen) atoms. The minimum Gasteiger partial charge on any atom is -0.358 e. The Morgan fingerprint density at radius 1 is 0.929 bits per heavy atom. The van der Waals surface area contributed by atoms with E-state index in [9.17, 15) is 8.78 Å². The Morgan fingerprint density at radius 2 is 1.54 bits per heavy atom. The molecule has 0 radical (unpaired) electrons. The van der Waals surface area contributed by atoms with E-state index in [0.29, 0.717) is 17.6 Å². The highest BCUT2D eigenvalue weighted by molar-refractivity contribution is 7.80. The lowest BCUT2D eigenvalue weighted by Gasteiger charge is -2.30. The van der Waals surface area contributed by atoms with Crippen molar-refractivity contribution in [1.82, 2.24) is 10.3 Å². The van der Waals surface area contributed by atoms with Crippen LogP contribution in [0.15, 0.2) is 53.6 Å². The fourth-order valence-electron chi connectivity index (χ4n) is 3.95. The largest absolute Gasteiger partial charge is 0.358 e. The van der Waals surface area contributed by atoms with E-state index < -0.39 is 0 Å².